The Labute approximate surface area is 184 Å². The fraction of sp³-hybridized carbons (Fsp3) is 0.130. The minimum atomic E-state index is -0.617. The molecule has 0 bridgehead atoms. The van der Waals surface area contributed by atoms with Crippen molar-refractivity contribution in [3.63, 3.8) is 0 Å². The van der Waals surface area contributed by atoms with E-state index in [-0.39, 0.29) is 18.8 Å². The van der Waals surface area contributed by atoms with Gasteiger partial charge in [-0.2, -0.15) is 0 Å². The summed E-state index contributed by atoms with van der Waals surface area (Å²) in [5.74, 6) is -0.250. The van der Waals surface area contributed by atoms with Gasteiger partial charge in [0.25, 0.3) is 5.56 Å². The summed E-state index contributed by atoms with van der Waals surface area (Å²) in [5, 5.41) is 0.786. The van der Waals surface area contributed by atoms with Gasteiger partial charge in [-0.3, -0.25) is 9.20 Å². The first-order valence-electron chi connectivity index (χ1n) is 9.71. The second-order valence-electron chi connectivity index (χ2n) is 7.13. The Bertz CT molecular complexity index is 1610. The number of aryl methyl sites for hydroxylation is 1. The van der Waals surface area contributed by atoms with Crippen LogP contribution >= 0.6 is 11.3 Å². The first-order valence-corrected chi connectivity index (χ1v) is 10.5. The molecular weight excluding hydrogens is 432 g/mol. The van der Waals surface area contributed by atoms with Crippen LogP contribution in [0.1, 0.15) is 11.3 Å². The van der Waals surface area contributed by atoms with Gasteiger partial charge in [-0.15, -0.1) is 0 Å². The van der Waals surface area contributed by atoms with E-state index in [1.54, 1.807) is 18.2 Å². The largest absolute Gasteiger partial charge is 0.482 e. The number of carbonyl (C=O) groups excluding carboxylic acids is 1. The molecule has 3 heterocycles. The summed E-state index contributed by atoms with van der Waals surface area (Å²) in [4.78, 5) is 41.2. The van der Waals surface area contributed by atoms with Gasteiger partial charge in [-0.05, 0) is 36.8 Å². The SMILES string of the molecule is Cc1cc(=O)oc2cc(OCC(=O)OCc3cc(=O)n4c(n3)sc3ccccc34)ccc12. The molecule has 0 aliphatic heterocycles. The quantitative estimate of drug-likeness (QED) is 0.300. The zero-order valence-electron chi connectivity index (χ0n) is 16.9. The molecule has 0 unspecified atom stereocenters. The van der Waals surface area contributed by atoms with Crippen molar-refractivity contribution in [1.82, 2.24) is 9.38 Å². The van der Waals surface area contributed by atoms with Crippen LogP contribution in [0, 0.1) is 6.92 Å². The second kappa shape index (κ2) is 7.93. The molecule has 0 spiro atoms. The number of hydrogen-bond acceptors (Lipinski definition) is 8. The Morgan fingerprint density at radius 3 is 2.84 bits per heavy atom. The molecule has 32 heavy (non-hydrogen) atoms. The molecule has 0 saturated heterocycles. The van der Waals surface area contributed by atoms with Crippen molar-refractivity contribution in [1.29, 1.82) is 0 Å². The summed E-state index contributed by atoms with van der Waals surface area (Å²) < 4.78 is 18.3. The maximum absolute atomic E-state index is 12.5. The molecule has 9 heteroatoms. The van der Waals surface area contributed by atoms with Crippen LogP contribution in [0.15, 0.2) is 68.6 Å². The highest BCUT2D eigenvalue weighted by Gasteiger charge is 2.12. The second-order valence-corrected chi connectivity index (χ2v) is 8.14. The first-order chi connectivity index (χ1) is 15.5. The summed E-state index contributed by atoms with van der Waals surface area (Å²) >= 11 is 1.39. The lowest BCUT2D eigenvalue weighted by Gasteiger charge is -2.08. The molecule has 8 nitrogen and oxygen atoms in total. The van der Waals surface area contributed by atoms with Crippen LogP contribution in [0.25, 0.3) is 26.1 Å². The van der Waals surface area contributed by atoms with Gasteiger partial charge < -0.3 is 13.9 Å². The van der Waals surface area contributed by atoms with Gasteiger partial charge in [0, 0.05) is 23.6 Å². The molecule has 0 atom stereocenters. The van der Waals surface area contributed by atoms with E-state index in [9.17, 15) is 14.4 Å². The minimum absolute atomic E-state index is 0.145. The number of para-hydroxylation sites is 1. The van der Waals surface area contributed by atoms with E-state index in [1.165, 1.54) is 27.9 Å². The average molecular weight is 448 g/mol. The van der Waals surface area contributed by atoms with Crippen molar-refractivity contribution in [2.45, 2.75) is 13.5 Å². The van der Waals surface area contributed by atoms with Crippen molar-refractivity contribution >= 4 is 43.5 Å². The molecule has 0 saturated carbocycles. The van der Waals surface area contributed by atoms with Crippen LogP contribution < -0.4 is 15.9 Å². The van der Waals surface area contributed by atoms with E-state index in [0.717, 1.165) is 21.2 Å². The number of carbonyl (C=O) groups is 1. The maximum Gasteiger partial charge on any atom is 0.344 e. The summed E-state index contributed by atoms with van der Waals surface area (Å²) in [7, 11) is 0. The Kier molecular flexibility index (Phi) is 4.95. The molecule has 5 aromatic rings. The summed E-state index contributed by atoms with van der Waals surface area (Å²) in [6.07, 6.45) is 0. The van der Waals surface area contributed by atoms with Crippen molar-refractivity contribution in [2.75, 3.05) is 6.61 Å². The molecular formula is C23H16N2O6S. The molecule has 0 fully saturated rings. The summed E-state index contributed by atoms with van der Waals surface area (Å²) in [6.45, 7) is 1.33. The molecule has 0 aliphatic carbocycles. The van der Waals surface area contributed by atoms with E-state index >= 15 is 0 Å². The standard InChI is InChI=1S/C23H16N2O6S/c1-13-8-21(27)31-18-10-15(6-7-16(13)18)29-12-22(28)30-11-14-9-20(26)25-17-4-2-3-5-19(17)32-23(25)24-14/h2-10H,11-12H2,1H3. The number of nitrogens with zero attached hydrogens (tertiary/aromatic N) is 2. The van der Waals surface area contributed by atoms with Crippen LogP contribution in [0.5, 0.6) is 5.75 Å². The number of ether oxygens (including phenoxy) is 2. The summed E-state index contributed by atoms with van der Waals surface area (Å²) in [6, 6.07) is 15.3. The minimum Gasteiger partial charge on any atom is -0.482 e. The number of aromatic nitrogens is 2. The number of hydrogen-bond donors (Lipinski definition) is 0. The predicted molar refractivity (Wildman–Crippen MR) is 119 cm³/mol. The Balaban J connectivity index is 1.26. The van der Waals surface area contributed by atoms with Gasteiger partial charge in [0.15, 0.2) is 11.6 Å². The smallest absolute Gasteiger partial charge is 0.344 e. The fourth-order valence-electron chi connectivity index (χ4n) is 3.43. The number of rotatable bonds is 5. The predicted octanol–water partition coefficient (Wildman–Crippen LogP) is 3.45. The average Bonchev–Trinajstić information content (AvgIpc) is 3.14. The maximum atomic E-state index is 12.5. The molecule has 0 amide bonds. The van der Waals surface area contributed by atoms with Gasteiger partial charge >= 0.3 is 11.6 Å². The third-order valence-electron chi connectivity index (χ3n) is 4.91. The van der Waals surface area contributed by atoms with Crippen LogP contribution in [0.4, 0.5) is 0 Å². The molecule has 0 radical (unpaired) electrons. The molecule has 160 valence electrons. The lowest BCUT2D eigenvalue weighted by Crippen LogP contribution is -2.18. The van der Waals surface area contributed by atoms with E-state index in [0.29, 0.717) is 22.0 Å². The van der Waals surface area contributed by atoms with Crippen LogP contribution in [-0.4, -0.2) is 22.0 Å². The van der Waals surface area contributed by atoms with Crippen LogP contribution in [0.3, 0.4) is 0 Å². The third kappa shape index (κ3) is 3.74. The Morgan fingerprint density at radius 2 is 1.97 bits per heavy atom. The van der Waals surface area contributed by atoms with Gasteiger partial charge in [-0.1, -0.05) is 23.5 Å². The van der Waals surface area contributed by atoms with Gasteiger partial charge in [0.05, 0.1) is 15.9 Å². The molecule has 5 rings (SSSR count). The third-order valence-corrected chi connectivity index (χ3v) is 5.93. The van der Waals surface area contributed by atoms with E-state index in [2.05, 4.69) is 4.98 Å². The van der Waals surface area contributed by atoms with Crippen molar-refractivity contribution in [3.8, 4) is 5.75 Å². The van der Waals surface area contributed by atoms with Gasteiger partial charge in [0.2, 0.25) is 0 Å². The number of benzene rings is 2. The Hall–Kier alpha value is -3.98. The molecule has 0 N–H and O–H groups in total. The van der Waals surface area contributed by atoms with E-state index in [4.69, 9.17) is 13.9 Å². The number of thiazole rings is 1. The highest BCUT2D eigenvalue weighted by atomic mass is 32.1. The van der Waals surface area contributed by atoms with E-state index < -0.39 is 11.6 Å². The normalized spacial score (nSPS) is 11.3. The molecule has 2 aromatic carbocycles. The molecule has 3 aromatic heterocycles. The lowest BCUT2D eigenvalue weighted by atomic mass is 10.1. The molecule has 0 aliphatic rings. The van der Waals surface area contributed by atoms with Crippen molar-refractivity contribution in [3.05, 3.63) is 86.6 Å². The number of fused-ring (bicyclic) bond motifs is 4. The monoisotopic (exact) mass is 448 g/mol. The van der Waals surface area contributed by atoms with E-state index in [1.807, 2.05) is 31.2 Å². The van der Waals surface area contributed by atoms with Crippen molar-refractivity contribution in [2.24, 2.45) is 0 Å². The lowest BCUT2D eigenvalue weighted by molar-refractivity contribution is -0.147. The first kappa shape index (κ1) is 20.0. The zero-order chi connectivity index (χ0) is 22.2. The van der Waals surface area contributed by atoms with Crippen LogP contribution in [0.2, 0.25) is 0 Å². The summed E-state index contributed by atoms with van der Waals surface area (Å²) in [5.41, 5.74) is 1.64. The highest BCUT2D eigenvalue weighted by Crippen LogP contribution is 2.24. The fourth-order valence-corrected chi connectivity index (χ4v) is 4.48. The highest BCUT2D eigenvalue weighted by molar-refractivity contribution is 7.23. The number of esters is 1. The topological polar surface area (TPSA) is 100 Å². The Morgan fingerprint density at radius 1 is 1.12 bits per heavy atom. The van der Waals surface area contributed by atoms with Gasteiger partial charge in [0.1, 0.15) is 17.9 Å². The zero-order valence-corrected chi connectivity index (χ0v) is 17.7. The van der Waals surface area contributed by atoms with Gasteiger partial charge in [-0.25, -0.2) is 14.6 Å². The van der Waals surface area contributed by atoms with Crippen LogP contribution in [-0.2, 0) is 16.1 Å². The van der Waals surface area contributed by atoms with Crippen molar-refractivity contribution < 1.29 is 18.7 Å².